The van der Waals surface area contributed by atoms with E-state index in [2.05, 4.69) is 4.98 Å². The van der Waals surface area contributed by atoms with Crippen molar-refractivity contribution in [3.05, 3.63) is 22.9 Å². The number of rotatable bonds is 3. The van der Waals surface area contributed by atoms with Gasteiger partial charge in [-0.15, -0.1) is 0 Å². The lowest BCUT2D eigenvalue weighted by Crippen LogP contribution is -2.10. The monoisotopic (exact) mass is 201 g/mol. The number of nitrogens with two attached hydrogens (primary N) is 2. The fourth-order valence-corrected chi connectivity index (χ4v) is 1.16. The molecule has 0 unspecified atom stereocenters. The van der Waals surface area contributed by atoms with E-state index >= 15 is 0 Å². The van der Waals surface area contributed by atoms with Crippen molar-refractivity contribution in [3.63, 3.8) is 0 Å². The van der Waals surface area contributed by atoms with Crippen LogP contribution in [0, 0.1) is 0 Å². The fourth-order valence-electron chi connectivity index (χ4n) is 1.16. The number of hydrogen-bond donors (Lipinski definition) is 2. The van der Waals surface area contributed by atoms with Gasteiger partial charge in [-0.3, -0.25) is 4.79 Å². The highest BCUT2D eigenvalue weighted by Crippen LogP contribution is 2.27. The number of nitrogen functional groups attached to an aromatic ring is 1. The molecule has 0 fully saturated rings. The highest BCUT2D eigenvalue weighted by Gasteiger charge is 2.19. The summed E-state index contributed by atoms with van der Waals surface area (Å²) in [6.45, 7) is -0.166. The second-order valence-electron chi connectivity index (χ2n) is 2.61. The van der Waals surface area contributed by atoms with Gasteiger partial charge < -0.3 is 11.5 Å². The summed E-state index contributed by atoms with van der Waals surface area (Å²) < 4.78 is 25.1. The summed E-state index contributed by atoms with van der Waals surface area (Å²) >= 11 is 0. The van der Waals surface area contributed by atoms with Crippen LogP contribution < -0.4 is 11.5 Å². The molecule has 0 aliphatic carbocycles. The molecule has 14 heavy (non-hydrogen) atoms. The summed E-state index contributed by atoms with van der Waals surface area (Å²) in [6.07, 6.45) is -1.45. The number of aldehydes is 1. The molecule has 0 saturated carbocycles. The second kappa shape index (κ2) is 4.10. The van der Waals surface area contributed by atoms with Crippen molar-refractivity contribution in [2.45, 2.75) is 13.0 Å². The number of pyridine rings is 1. The third-order valence-corrected chi connectivity index (χ3v) is 1.84. The van der Waals surface area contributed by atoms with Gasteiger partial charge in [-0.2, -0.15) is 0 Å². The van der Waals surface area contributed by atoms with Gasteiger partial charge in [0, 0.05) is 29.4 Å². The summed E-state index contributed by atoms with van der Waals surface area (Å²) in [7, 11) is 0. The van der Waals surface area contributed by atoms with Crippen LogP contribution in [0.3, 0.4) is 0 Å². The summed E-state index contributed by atoms with van der Waals surface area (Å²) in [5.74, 6) is -0.0617. The summed E-state index contributed by atoms with van der Waals surface area (Å²) in [4.78, 5) is 14.1. The lowest BCUT2D eigenvalue weighted by atomic mass is 10.0. The van der Waals surface area contributed by atoms with Gasteiger partial charge in [-0.05, 0) is 0 Å². The van der Waals surface area contributed by atoms with E-state index in [1.807, 2.05) is 0 Å². The molecule has 0 spiro atoms. The average Bonchev–Trinajstić information content (AvgIpc) is 2.17. The molecule has 4 nitrogen and oxygen atoms in total. The number of halogens is 2. The van der Waals surface area contributed by atoms with Crippen molar-refractivity contribution >= 4 is 12.1 Å². The molecular formula is C8H9F2N3O. The first-order valence-electron chi connectivity index (χ1n) is 3.82. The van der Waals surface area contributed by atoms with Crippen LogP contribution >= 0.6 is 0 Å². The zero-order valence-corrected chi connectivity index (χ0v) is 7.21. The molecule has 76 valence electrons. The number of hydrogen-bond acceptors (Lipinski definition) is 4. The predicted octanol–water partition coefficient (Wildman–Crippen LogP) is 0.873. The van der Waals surface area contributed by atoms with Crippen molar-refractivity contribution < 1.29 is 13.6 Å². The number of nitrogens with zero attached hydrogens (tertiary/aromatic N) is 1. The van der Waals surface area contributed by atoms with E-state index in [0.717, 1.165) is 6.20 Å². The van der Waals surface area contributed by atoms with Crippen LogP contribution in [0.25, 0.3) is 0 Å². The first-order valence-corrected chi connectivity index (χ1v) is 3.82. The smallest absolute Gasteiger partial charge is 0.265 e. The Morgan fingerprint density at radius 3 is 2.64 bits per heavy atom. The van der Waals surface area contributed by atoms with E-state index in [-0.39, 0.29) is 23.5 Å². The Morgan fingerprint density at radius 2 is 2.21 bits per heavy atom. The average molecular weight is 201 g/mol. The second-order valence-corrected chi connectivity index (χ2v) is 2.61. The lowest BCUT2D eigenvalue weighted by molar-refractivity contribution is 0.110. The highest BCUT2D eigenvalue weighted by molar-refractivity contribution is 5.78. The van der Waals surface area contributed by atoms with E-state index in [0.29, 0.717) is 6.29 Å². The molecule has 0 radical (unpaired) electrons. The number of aromatic nitrogens is 1. The molecule has 1 rings (SSSR count). The molecule has 1 aromatic heterocycles. The molecule has 0 atom stereocenters. The van der Waals surface area contributed by atoms with E-state index in [1.54, 1.807) is 0 Å². The van der Waals surface area contributed by atoms with Crippen LogP contribution in [-0.4, -0.2) is 11.3 Å². The molecule has 0 aliphatic rings. The SMILES string of the molecule is NCc1c(N)ncc(C=O)c1C(F)F. The van der Waals surface area contributed by atoms with Crippen molar-refractivity contribution in [2.24, 2.45) is 5.73 Å². The fraction of sp³-hybridized carbons (Fsp3) is 0.250. The standard InChI is InChI=1S/C8H9F2N3O/c9-7(10)6-4(3-14)2-13-8(12)5(6)1-11/h2-3,7H,1,11H2,(H2,12,13). The molecule has 0 amide bonds. The van der Waals surface area contributed by atoms with Gasteiger partial charge >= 0.3 is 0 Å². The van der Waals surface area contributed by atoms with Gasteiger partial charge in [0.15, 0.2) is 6.29 Å². The van der Waals surface area contributed by atoms with E-state index in [4.69, 9.17) is 11.5 Å². The summed E-state index contributed by atoms with van der Waals surface area (Å²) in [5, 5.41) is 0. The minimum atomic E-state index is -2.78. The number of alkyl halides is 2. The maximum Gasteiger partial charge on any atom is 0.265 e. The number of carbonyl (C=O) groups is 1. The molecule has 1 heterocycles. The van der Waals surface area contributed by atoms with Gasteiger partial charge in [-0.1, -0.05) is 0 Å². The van der Waals surface area contributed by atoms with Crippen molar-refractivity contribution in [3.8, 4) is 0 Å². The van der Waals surface area contributed by atoms with Crippen LogP contribution in [0.5, 0.6) is 0 Å². The van der Waals surface area contributed by atoms with Gasteiger partial charge in [0.1, 0.15) is 5.82 Å². The minimum Gasteiger partial charge on any atom is -0.383 e. The normalized spacial score (nSPS) is 10.6. The van der Waals surface area contributed by atoms with Crippen LogP contribution in [0.15, 0.2) is 6.20 Å². The molecule has 0 saturated heterocycles. The maximum atomic E-state index is 12.5. The Morgan fingerprint density at radius 1 is 1.57 bits per heavy atom. The predicted molar refractivity (Wildman–Crippen MR) is 46.9 cm³/mol. The molecule has 1 aromatic rings. The molecule has 0 bridgehead atoms. The van der Waals surface area contributed by atoms with Crippen LogP contribution in [0.4, 0.5) is 14.6 Å². The van der Waals surface area contributed by atoms with Gasteiger partial charge in [-0.25, -0.2) is 13.8 Å². The molecular weight excluding hydrogens is 192 g/mol. The van der Waals surface area contributed by atoms with E-state index < -0.39 is 12.0 Å². The summed E-state index contributed by atoms with van der Waals surface area (Å²) in [6, 6.07) is 0. The Bertz CT molecular complexity index is 355. The largest absolute Gasteiger partial charge is 0.383 e. The zero-order valence-electron chi connectivity index (χ0n) is 7.21. The van der Waals surface area contributed by atoms with E-state index in [1.165, 1.54) is 0 Å². The molecule has 0 aliphatic heterocycles. The highest BCUT2D eigenvalue weighted by atomic mass is 19.3. The summed E-state index contributed by atoms with van der Waals surface area (Å²) in [5.41, 5.74) is 10.0. The van der Waals surface area contributed by atoms with Crippen molar-refractivity contribution in [1.82, 2.24) is 4.98 Å². The quantitative estimate of drug-likeness (QED) is 0.711. The Balaban J connectivity index is 3.43. The van der Waals surface area contributed by atoms with Gasteiger partial charge in [0.05, 0.1) is 0 Å². The van der Waals surface area contributed by atoms with Crippen LogP contribution in [-0.2, 0) is 6.54 Å². The molecule has 0 aromatic carbocycles. The minimum absolute atomic E-state index is 0.0320. The van der Waals surface area contributed by atoms with Crippen molar-refractivity contribution in [2.75, 3.05) is 5.73 Å². The molecule has 6 heteroatoms. The molecule has 4 N–H and O–H groups in total. The Kier molecular flexibility index (Phi) is 3.08. The maximum absolute atomic E-state index is 12.5. The first kappa shape index (κ1) is 10.5. The van der Waals surface area contributed by atoms with Gasteiger partial charge in [0.25, 0.3) is 6.43 Å². The lowest BCUT2D eigenvalue weighted by Gasteiger charge is -2.10. The van der Waals surface area contributed by atoms with Gasteiger partial charge in [0.2, 0.25) is 0 Å². The third kappa shape index (κ3) is 1.69. The zero-order chi connectivity index (χ0) is 10.7. The topological polar surface area (TPSA) is 82.0 Å². The number of carbonyl (C=O) groups excluding carboxylic acids is 1. The Hall–Kier alpha value is -1.56. The van der Waals surface area contributed by atoms with E-state index in [9.17, 15) is 13.6 Å². The van der Waals surface area contributed by atoms with Crippen LogP contribution in [0.2, 0.25) is 0 Å². The van der Waals surface area contributed by atoms with Crippen LogP contribution in [0.1, 0.15) is 27.9 Å². The first-order chi connectivity index (χ1) is 6.61. The Labute approximate surface area is 78.9 Å². The number of anilines is 1. The third-order valence-electron chi connectivity index (χ3n) is 1.84. The van der Waals surface area contributed by atoms with Crippen molar-refractivity contribution in [1.29, 1.82) is 0 Å².